The molecule has 0 unspecified atom stereocenters. The van der Waals surface area contributed by atoms with Crippen LogP contribution in [0.25, 0.3) is 0 Å². The molecule has 4 heteroatoms. The van der Waals surface area contributed by atoms with Crippen LogP contribution in [0.1, 0.15) is 20.3 Å². The third-order valence-electron chi connectivity index (χ3n) is 2.72. The van der Waals surface area contributed by atoms with Crippen LogP contribution in [-0.2, 0) is 14.2 Å². The van der Waals surface area contributed by atoms with Gasteiger partial charge in [-0.25, -0.2) is 0 Å². The predicted molar refractivity (Wildman–Crippen MR) is 58.7 cm³/mol. The molecular formula is C12H18O4. The van der Waals surface area contributed by atoms with E-state index in [1.165, 1.54) is 0 Å². The van der Waals surface area contributed by atoms with E-state index in [0.29, 0.717) is 13.0 Å². The summed E-state index contributed by atoms with van der Waals surface area (Å²) < 4.78 is 16.7. The van der Waals surface area contributed by atoms with Crippen LogP contribution in [0.15, 0.2) is 24.5 Å². The van der Waals surface area contributed by atoms with Gasteiger partial charge in [0.2, 0.25) is 0 Å². The topological polar surface area (TPSA) is 47.9 Å². The molecule has 1 N–H and O–H groups in total. The van der Waals surface area contributed by atoms with Gasteiger partial charge in [-0.05, 0) is 19.9 Å². The second-order valence-electron chi connectivity index (χ2n) is 4.57. The van der Waals surface area contributed by atoms with E-state index in [1.54, 1.807) is 12.2 Å². The molecule has 2 aliphatic heterocycles. The largest absolute Gasteiger partial charge is 0.489 e. The molecule has 16 heavy (non-hydrogen) atoms. The van der Waals surface area contributed by atoms with Crippen molar-refractivity contribution in [3.63, 3.8) is 0 Å². The van der Waals surface area contributed by atoms with Gasteiger partial charge in [0, 0.05) is 6.42 Å². The third-order valence-corrected chi connectivity index (χ3v) is 2.72. The molecule has 0 aliphatic carbocycles. The first-order chi connectivity index (χ1) is 7.52. The second-order valence-corrected chi connectivity index (χ2v) is 4.57. The van der Waals surface area contributed by atoms with Gasteiger partial charge >= 0.3 is 0 Å². The first-order valence-electron chi connectivity index (χ1n) is 5.50. The van der Waals surface area contributed by atoms with Crippen LogP contribution in [0.5, 0.6) is 0 Å². The molecule has 1 fully saturated rings. The first kappa shape index (κ1) is 11.6. The summed E-state index contributed by atoms with van der Waals surface area (Å²) in [6.07, 6.45) is 2.88. The highest BCUT2D eigenvalue weighted by molar-refractivity contribution is 5.12. The minimum absolute atomic E-state index is 0.219. The van der Waals surface area contributed by atoms with Gasteiger partial charge in [0.25, 0.3) is 0 Å². The molecular weight excluding hydrogens is 208 g/mol. The first-order valence-corrected chi connectivity index (χ1v) is 5.50. The van der Waals surface area contributed by atoms with E-state index in [0.717, 1.165) is 5.76 Å². The van der Waals surface area contributed by atoms with Gasteiger partial charge < -0.3 is 19.3 Å². The van der Waals surface area contributed by atoms with Gasteiger partial charge in [-0.15, -0.1) is 6.58 Å². The SMILES string of the molecule is C=CCC1=C[C@@H](O)[C@@H]([C@H]2COC(C)(C)O2)O1. The molecule has 2 rings (SSSR count). The zero-order valence-electron chi connectivity index (χ0n) is 9.68. The Hall–Kier alpha value is -0.840. The maximum atomic E-state index is 9.85. The Bertz CT molecular complexity index is 308. The highest BCUT2D eigenvalue weighted by Gasteiger charge is 2.43. The van der Waals surface area contributed by atoms with Crippen molar-refractivity contribution in [1.82, 2.24) is 0 Å². The van der Waals surface area contributed by atoms with Crippen molar-refractivity contribution in [2.45, 2.75) is 44.4 Å². The molecule has 0 bridgehead atoms. The van der Waals surface area contributed by atoms with Crippen LogP contribution in [0.4, 0.5) is 0 Å². The average Bonchev–Trinajstić information content (AvgIpc) is 2.70. The summed E-state index contributed by atoms with van der Waals surface area (Å²) in [5.74, 6) is 0.162. The van der Waals surface area contributed by atoms with E-state index in [4.69, 9.17) is 14.2 Å². The lowest BCUT2D eigenvalue weighted by Gasteiger charge is -2.23. The number of aliphatic hydroxyl groups excluding tert-OH is 1. The second kappa shape index (κ2) is 4.20. The summed E-state index contributed by atoms with van der Waals surface area (Å²) in [5, 5.41) is 9.85. The van der Waals surface area contributed by atoms with Gasteiger partial charge in [-0.3, -0.25) is 0 Å². The number of rotatable bonds is 3. The molecule has 0 radical (unpaired) electrons. The van der Waals surface area contributed by atoms with E-state index in [1.807, 2.05) is 13.8 Å². The van der Waals surface area contributed by atoms with Gasteiger partial charge in [0.05, 0.1) is 12.4 Å². The fourth-order valence-electron chi connectivity index (χ4n) is 2.00. The van der Waals surface area contributed by atoms with Crippen LogP contribution in [0.3, 0.4) is 0 Å². The maximum Gasteiger partial charge on any atom is 0.163 e. The standard InChI is InChI=1S/C12H18O4/c1-4-5-8-6-9(13)11(15-8)10-7-14-12(2,3)16-10/h4,6,9-11,13H,1,5,7H2,2-3H3/t9-,10-,11+/m1/s1. The Balaban J connectivity index is 1.96. The Kier molecular flexibility index (Phi) is 3.06. The molecule has 0 aromatic carbocycles. The maximum absolute atomic E-state index is 9.85. The van der Waals surface area contributed by atoms with Crippen molar-refractivity contribution in [2.24, 2.45) is 0 Å². The third kappa shape index (κ3) is 2.29. The number of ether oxygens (including phenoxy) is 3. The van der Waals surface area contributed by atoms with Crippen molar-refractivity contribution in [3.8, 4) is 0 Å². The molecule has 0 saturated carbocycles. The molecule has 0 aromatic heterocycles. The number of hydrogen-bond acceptors (Lipinski definition) is 4. The lowest BCUT2D eigenvalue weighted by molar-refractivity contribution is -0.156. The van der Waals surface area contributed by atoms with Gasteiger partial charge in [0.1, 0.15) is 12.2 Å². The zero-order chi connectivity index (χ0) is 11.8. The highest BCUT2D eigenvalue weighted by atomic mass is 16.7. The van der Waals surface area contributed by atoms with Crippen molar-refractivity contribution in [2.75, 3.05) is 6.61 Å². The molecule has 0 amide bonds. The minimum Gasteiger partial charge on any atom is -0.489 e. The molecule has 1 saturated heterocycles. The fourth-order valence-corrected chi connectivity index (χ4v) is 2.00. The monoisotopic (exact) mass is 226 g/mol. The molecule has 90 valence electrons. The molecule has 4 nitrogen and oxygen atoms in total. The molecule has 2 heterocycles. The van der Waals surface area contributed by atoms with Crippen LogP contribution >= 0.6 is 0 Å². The van der Waals surface area contributed by atoms with Gasteiger partial charge in [-0.1, -0.05) is 6.08 Å². The van der Waals surface area contributed by atoms with Crippen molar-refractivity contribution < 1.29 is 19.3 Å². The quantitative estimate of drug-likeness (QED) is 0.738. The summed E-state index contributed by atoms with van der Waals surface area (Å²) in [5.41, 5.74) is 0. The fraction of sp³-hybridized carbons (Fsp3) is 0.667. The zero-order valence-corrected chi connectivity index (χ0v) is 9.68. The van der Waals surface area contributed by atoms with Crippen LogP contribution < -0.4 is 0 Å². The normalized spacial score (nSPS) is 36.9. The van der Waals surface area contributed by atoms with Gasteiger partial charge in [0.15, 0.2) is 11.9 Å². The lowest BCUT2D eigenvalue weighted by atomic mass is 10.1. The van der Waals surface area contributed by atoms with Crippen LogP contribution in [0, 0.1) is 0 Å². The van der Waals surface area contributed by atoms with Crippen molar-refractivity contribution >= 4 is 0 Å². The average molecular weight is 226 g/mol. The molecule has 0 aromatic rings. The summed E-state index contributed by atoms with van der Waals surface area (Å²) in [4.78, 5) is 0. The van der Waals surface area contributed by atoms with E-state index in [9.17, 15) is 5.11 Å². The molecule has 0 spiro atoms. The predicted octanol–water partition coefficient (Wildman–Crippen LogP) is 1.36. The summed E-state index contributed by atoms with van der Waals surface area (Å²) in [6.45, 7) is 7.79. The molecule has 2 aliphatic rings. The Labute approximate surface area is 95.5 Å². The van der Waals surface area contributed by atoms with Crippen molar-refractivity contribution in [1.29, 1.82) is 0 Å². The van der Waals surface area contributed by atoms with Crippen molar-refractivity contribution in [3.05, 3.63) is 24.5 Å². The Morgan fingerprint density at radius 3 is 2.94 bits per heavy atom. The van der Waals surface area contributed by atoms with E-state index in [2.05, 4.69) is 6.58 Å². The number of aliphatic hydroxyl groups is 1. The minimum atomic E-state index is -0.627. The smallest absolute Gasteiger partial charge is 0.163 e. The number of allylic oxidation sites excluding steroid dienone is 1. The van der Waals surface area contributed by atoms with E-state index >= 15 is 0 Å². The number of hydrogen-bond donors (Lipinski definition) is 1. The van der Waals surface area contributed by atoms with Crippen LogP contribution in [-0.4, -0.2) is 35.8 Å². The highest BCUT2D eigenvalue weighted by Crippen LogP contribution is 2.31. The van der Waals surface area contributed by atoms with E-state index < -0.39 is 11.9 Å². The summed E-state index contributed by atoms with van der Waals surface area (Å²) in [7, 11) is 0. The van der Waals surface area contributed by atoms with Gasteiger partial charge in [-0.2, -0.15) is 0 Å². The van der Waals surface area contributed by atoms with E-state index in [-0.39, 0.29) is 12.2 Å². The Morgan fingerprint density at radius 1 is 1.62 bits per heavy atom. The summed E-state index contributed by atoms with van der Waals surface area (Å²) in [6, 6.07) is 0. The summed E-state index contributed by atoms with van der Waals surface area (Å²) >= 11 is 0. The molecule has 3 atom stereocenters. The lowest BCUT2D eigenvalue weighted by Crippen LogP contribution is -2.37. The van der Waals surface area contributed by atoms with Crippen LogP contribution in [0.2, 0.25) is 0 Å². The Morgan fingerprint density at radius 2 is 2.38 bits per heavy atom.